The van der Waals surface area contributed by atoms with Crippen molar-refractivity contribution in [2.75, 3.05) is 6.61 Å². The molecule has 2 atom stereocenters. The molecule has 0 bridgehead atoms. The summed E-state index contributed by atoms with van der Waals surface area (Å²) in [6.07, 6.45) is 4.91. The fourth-order valence-electron chi connectivity index (χ4n) is 3.91. The summed E-state index contributed by atoms with van der Waals surface area (Å²) >= 11 is 0. The van der Waals surface area contributed by atoms with Crippen LogP contribution in [0.1, 0.15) is 6.42 Å². The molecule has 7 nitrogen and oxygen atoms in total. The normalized spacial score (nSPS) is 20.4. The Morgan fingerprint density at radius 1 is 1.07 bits per heavy atom. The maximum Gasteiger partial charge on any atom is 0.220 e. The van der Waals surface area contributed by atoms with Crippen LogP contribution in [-0.2, 0) is 6.54 Å². The highest BCUT2D eigenvalue weighted by atomic mass is 19.1. The van der Waals surface area contributed by atoms with E-state index in [0.717, 1.165) is 18.8 Å². The van der Waals surface area contributed by atoms with Crippen molar-refractivity contribution in [2.45, 2.75) is 13.0 Å². The van der Waals surface area contributed by atoms with Crippen molar-refractivity contribution in [1.82, 2.24) is 29.9 Å². The van der Waals surface area contributed by atoms with E-state index in [4.69, 9.17) is 4.74 Å². The lowest BCUT2D eigenvalue weighted by molar-refractivity contribution is 0.286. The molecule has 9 heteroatoms. The molecule has 0 radical (unpaired) electrons. The van der Waals surface area contributed by atoms with Crippen LogP contribution in [0.3, 0.4) is 0 Å². The Balaban J connectivity index is 1.66. The summed E-state index contributed by atoms with van der Waals surface area (Å²) in [6, 6.07) is 2.84. The third-order valence-corrected chi connectivity index (χ3v) is 5.47. The summed E-state index contributed by atoms with van der Waals surface area (Å²) in [5.74, 6) is 0.569. The molecule has 4 aromatic rings. The van der Waals surface area contributed by atoms with Gasteiger partial charge in [-0.15, -0.1) is 0 Å². The van der Waals surface area contributed by atoms with E-state index in [1.54, 1.807) is 4.68 Å². The lowest BCUT2D eigenvalue weighted by Crippen LogP contribution is -2.04. The number of halogens is 2. The predicted molar refractivity (Wildman–Crippen MR) is 95.3 cm³/mol. The summed E-state index contributed by atoms with van der Waals surface area (Å²) in [5.41, 5.74) is 2.15. The average Bonchev–Trinajstić information content (AvgIpc) is 3.14. The Hall–Kier alpha value is -3.36. The minimum atomic E-state index is -0.508. The number of fused-ring (bicyclic) bond motifs is 3. The Morgan fingerprint density at radius 2 is 2.00 bits per heavy atom. The van der Waals surface area contributed by atoms with Gasteiger partial charge in [-0.1, -0.05) is 0 Å². The summed E-state index contributed by atoms with van der Waals surface area (Å²) in [6.45, 7) is 1.27. The van der Waals surface area contributed by atoms with Gasteiger partial charge in [0.1, 0.15) is 17.3 Å². The van der Waals surface area contributed by atoms with Crippen molar-refractivity contribution < 1.29 is 13.5 Å². The van der Waals surface area contributed by atoms with E-state index in [2.05, 4.69) is 25.3 Å². The van der Waals surface area contributed by atoms with Gasteiger partial charge < -0.3 is 4.74 Å². The van der Waals surface area contributed by atoms with Gasteiger partial charge in [0.05, 0.1) is 36.5 Å². The van der Waals surface area contributed by atoms with E-state index in [1.165, 1.54) is 18.3 Å². The van der Waals surface area contributed by atoms with Gasteiger partial charge in [-0.2, -0.15) is 10.2 Å². The number of rotatable bonds is 2. The number of hydrogen-bond donors (Lipinski definition) is 1. The molecule has 1 aliphatic carbocycles. The van der Waals surface area contributed by atoms with Crippen LogP contribution in [0, 0.1) is 23.5 Å². The van der Waals surface area contributed by atoms with Crippen LogP contribution in [0.2, 0.25) is 0 Å². The number of nitrogens with one attached hydrogen (secondary N) is 1. The number of hydrogen-bond acceptors (Lipinski definition) is 5. The summed E-state index contributed by atoms with van der Waals surface area (Å²) in [7, 11) is 0. The second-order valence-corrected chi connectivity index (χ2v) is 7.25. The van der Waals surface area contributed by atoms with E-state index in [1.807, 2.05) is 0 Å². The van der Waals surface area contributed by atoms with Gasteiger partial charge in [0.2, 0.25) is 5.88 Å². The molecule has 0 unspecified atom stereocenters. The molecule has 1 N–H and O–H groups in total. The van der Waals surface area contributed by atoms with Crippen molar-refractivity contribution in [1.29, 1.82) is 0 Å². The van der Waals surface area contributed by atoms with Gasteiger partial charge in [-0.25, -0.2) is 18.4 Å². The van der Waals surface area contributed by atoms with Crippen molar-refractivity contribution in [3.05, 3.63) is 42.4 Å². The molecule has 140 valence electrons. The van der Waals surface area contributed by atoms with Crippen LogP contribution < -0.4 is 4.74 Å². The minimum absolute atomic E-state index is 0.302. The first-order valence-electron chi connectivity index (χ1n) is 9.02. The number of pyridine rings is 2. The molecule has 0 aromatic carbocycles. The molecule has 5 heterocycles. The van der Waals surface area contributed by atoms with E-state index in [9.17, 15) is 4.39 Å². The zero-order valence-electron chi connectivity index (χ0n) is 14.6. The first-order chi connectivity index (χ1) is 13.7. The summed E-state index contributed by atoms with van der Waals surface area (Å²) < 4.78 is 36.3. The molecule has 2 aliphatic rings. The second kappa shape index (κ2) is 5.57. The lowest BCUT2D eigenvalue weighted by Gasteiger charge is -2.10. The Bertz CT molecular complexity index is 1220. The van der Waals surface area contributed by atoms with Crippen LogP contribution in [-0.4, -0.2) is 36.6 Å². The zero-order chi connectivity index (χ0) is 18.8. The van der Waals surface area contributed by atoms with Crippen LogP contribution in [0.15, 0.2) is 30.7 Å². The van der Waals surface area contributed by atoms with Gasteiger partial charge in [-0.05, 0) is 30.4 Å². The number of ether oxygens (including phenoxy) is 1. The third kappa shape index (κ3) is 2.25. The highest BCUT2D eigenvalue weighted by molar-refractivity contribution is 5.98. The predicted octanol–water partition coefficient (Wildman–Crippen LogP) is 3.19. The maximum atomic E-state index is 15.0. The highest BCUT2D eigenvalue weighted by Crippen LogP contribution is 2.48. The number of nitrogens with zero attached hydrogens (tertiary/aromatic N) is 5. The van der Waals surface area contributed by atoms with Crippen molar-refractivity contribution >= 4 is 11.0 Å². The van der Waals surface area contributed by atoms with Crippen LogP contribution in [0.5, 0.6) is 5.88 Å². The van der Waals surface area contributed by atoms with Crippen LogP contribution >= 0.6 is 0 Å². The number of aromatic amines is 1. The van der Waals surface area contributed by atoms with Crippen molar-refractivity contribution in [3.63, 3.8) is 0 Å². The SMILES string of the molecule is Fc1ccc(-c2nn3c(c2-c2c(F)cnc4[nH]ncc24)OC[C@H]2C[C@H]2C3)nc1. The Labute approximate surface area is 157 Å². The number of aromatic nitrogens is 6. The third-order valence-electron chi connectivity index (χ3n) is 5.47. The Kier molecular flexibility index (Phi) is 3.12. The molecule has 1 fully saturated rings. The van der Waals surface area contributed by atoms with Crippen LogP contribution in [0.25, 0.3) is 33.5 Å². The first kappa shape index (κ1) is 15.7. The molecule has 4 aromatic heterocycles. The Morgan fingerprint density at radius 3 is 2.86 bits per heavy atom. The maximum absolute atomic E-state index is 15.0. The fourth-order valence-corrected chi connectivity index (χ4v) is 3.91. The molecule has 0 spiro atoms. The zero-order valence-corrected chi connectivity index (χ0v) is 14.6. The second-order valence-electron chi connectivity index (χ2n) is 7.25. The topological polar surface area (TPSA) is 81.5 Å². The molecule has 28 heavy (non-hydrogen) atoms. The molecule has 6 rings (SSSR count). The van der Waals surface area contributed by atoms with Crippen LogP contribution in [0.4, 0.5) is 8.78 Å². The lowest BCUT2D eigenvalue weighted by atomic mass is 10.0. The molecule has 1 aliphatic heterocycles. The van der Waals surface area contributed by atoms with Crippen molar-refractivity contribution in [2.24, 2.45) is 11.8 Å². The molecule has 0 amide bonds. The largest absolute Gasteiger partial charge is 0.477 e. The quantitative estimate of drug-likeness (QED) is 0.578. The average molecular weight is 380 g/mol. The van der Waals surface area contributed by atoms with Gasteiger partial charge >= 0.3 is 0 Å². The smallest absolute Gasteiger partial charge is 0.220 e. The number of H-pyrrole nitrogens is 1. The van der Waals surface area contributed by atoms with E-state index in [-0.39, 0.29) is 0 Å². The summed E-state index contributed by atoms with van der Waals surface area (Å²) in [5, 5.41) is 12.0. The van der Waals surface area contributed by atoms with E-state index < -0.39 is 11.6 Å². The highest BCUT2D eigenvalue weighted by Gasteiger charge is 2.42. The van der Waals surface area contributed by atoms with Gasteiger partial charge in [0.25, 0.3) is 0 Å². The van der Waals surface area contributed by atoms with Crippen molar-refractivity contribution in [3.8, 4) is 28.4 Å². The van der Waals surface area contributed by atoms with E-state index in [0.29, 0.717) is 64.4 Å². The van der Waals surface area contributed by atoms with Gasteiger partial charge in [-0.3, -0.25) is 10.1 Å². The standard InChI is InChI=1S/C19H14F2N6O/c20-11-1-2-14(22-4-11)17-16(15-12-5-24-25-18(12)23-6-13(15)21)19-27(26-17)7-9-3-10(9)8-28-19/h1-2,4-6,9-10H,3,7-8H2,(H,23,24,25)/t9-,10+/m0/s1. The fraction of sp³-hybridized carbons (Fsp3) is 0.263. The van der Waals surface area contributed by atoms with Gasteiger partial charge in [0.15, 0.2) is 5.65 Å². The van der Waals surface area contributed by atoms with E-state index >= 15 is 4.39 Å². The molecular formula is C19H14F2N6O. The minimum Gasteiger partial charge on any atom is -0.477 e. The monoisotopic (exact) mass is 380 g/mol. The van der Waals surface area contributed by atoms with Gasteiger partial charge in [0, 0.05) is 17.5 Å². The molecular weight excluding hydrogens is 366 g/mol. The molecule has 0 saturated heterocycles. The summed E-state index contributed by atoms with van der Waals surface area (Å²) in [4.78, 5) is 8.21. The first-order valence-corrected chi connectivity index (χ1v) is 9.02. The molecule has 1 saturated carbocycles.